The van der Waals surface area contributed by atoms with Crippen molar-refractivity contribution in [2.45, 2.75) is 26.4 Å². The second-order valence-electron chi connectivity index (χ2n) is 3.84. The van der Waals surface area contributed by atoms with Crippen molar-refractivity contribution >= 4 is 11.6 Å². The zero-order valence-electron chi connectivity index (χ0n) is 9.39. The van der Waals surface area contributed by atoms with E-state index in [0.717, 1.165) is 5.56 Å². The Morgan fingerprint density at radius 3 is 2.29 bits per heavy atom. The van der Waals surface area contributed by atoms with E-state index < -0.39 is 24.2 Å². The summed E-state index contributed by atoms with van der Waals surface area (Å²) in [5.41, 5.74) is 1.50. The van der Waals surface area contributed by atoms with Crippen LogP contribution in [0.25, 0.3) is 0 Å². The first-order valence-corrected chi connectivity index (χ1v) is 4.92. The van der Waals surface area contributed by atoms with Crippen LogP contribution in [0.1, 0.15) is 27.9 Å². The fourth-order valence-electron chi connectivity index (χ4n) is 1.38. The predicted octanol–water partition coefficient (Wildman–Crippen LogP) is 3.01. The van der Waals surface area contributed by atoms with Crippen molar-refractivity contribution in [3.05, 3.63) is 34.9 Å². The van der Waals surface area contributed by atoms with E-state index in [2.05, 4.69) is 0 Å². The van der Waals surface area contributed by atoms with Gasteiger partial charge in [0, 0.05) is 5.56 Å². The van der Waals surface area contributed by atoms with Crippen LogP contribution in [0.15, 0.2) is 18.2 Å². The molecule has 1 aromatic carbocycles. The van der Waals surface area contributed by atoms with Crippen molar-refractivity contribution in [1.82, 2.24) is 0 Å². The van der Waals surface area contributed by atoms with E-state index in [1.807, 2.05) is 0 Å². The fourth-order valence-corrected chi connectivity index (χ4v) is 1.38. The van der Waals surface area contributed by atoms with Gasteiger partial charge >= 0.3 is 6.18 Å². The van der Waals surface area contributed by atoms with Gasteiger partial charge in [0.25, 0.3) is 0 Å². The highest BCUT2D eigenvalue weighted by Crippen LogP contribution is 2.20. The van der Waals surface area contributed by atoms with Crippen molar-refractivity contribution in [3.63, 3.8) is 0 Å². The number of hydrogen-bond acceptors (Lipinski definition) is 2. The summed E-state index contributed by atoms with van der Waals surface area (Å²) in [7, 11) is 0. The van der Waals surface area contributed by atoms with Gasteiger partial charge in [-0.25, -0.2) is 0 Å². The molecule has 0 bridgehead atoms. The average Bonchev–Trinajstić information content (AvgIpc) is 2.20. The molecule has 0 amide bonds. The summed E-state index contributed by atoms with van der Waals surface area (Å²) in [5.74, 6) is -2.81. The topological polar surface area (TPSA) is 34.1 Å². The summed E-state index contributed by atoms with van der Waals surface area (Å²) in [6.45, 7) is 3.34. The first-order chi connectivity index (χ1) is 7.71. The summed E-state index contributed by atoms with van der Waals surface area (Å²) >= 11 is 0. The van der Waals surface area contributed by atoms with Gasteiger partial charge in [0.15, 0.2) is 5.78 Å². The van der Waals surface area contributed by atoms with E-state index in [1.54, 1.807) is 26.0 Å². The van der Waals surface area contributed by atoms with Crippen molar-refractivity contribution in [2.75, 3.05) is 0 Å². The molecule has 17 heavy (non-hydrogen) atoms. The Morgan fingerprint density at radius 2 is 1.76 bits per heavy atom. The number of Topliss-reactive ketones (excluding diaryl/α,β-unsaturated/α-hetero) is 2. The van der Waals surface area contributed by atoms with Crippen LogP contribution in [0.2, 0.25) is 0 Å². The molecule has 0 saturated carbocycles. The molecule has 0 atom stereocenters. The SMILES string of the molecule is Cc1ccc(C)c(C(=O)CC(=O)C(F)(F)F)c1. The minimum Gasteiger partial charge on any atom is -0.294 e. The Hall–Kier alpha value is -1.65. The second-order valence-corrected chi connectivity index (χ2v) is 3.84. The lowest BCUT2D eigenvalue weighted by atomic mass is 9.99. The molecular formula is C12H11F3O2. The molecule has 0 N–H and O–H groups in total. The third kappa shape index (κ3) is 3.41. The third-order valence-corrected chi connectivity index (χ3v) is 2.33. The smallest absolute Gasteiger partial charge is 0.294 e. The highest BCUT2D eigenvalue weighted by Gasteiger charge is 2.39. The Labute approximate surface area is 96.4 Å². The Bertz CT molecular complexity index is 461. The van der Waals surface area contributed by atoms with Crippen molar-refractivity contribution < 1.29 is 22.8 Å². The van der Waals surface area contributed by atoms with Crippen molar-refractivity contribution in [1.29, 1.82) is 0 Å². The van der Waals surface area contributed by atoms with Crippen LogP contribution >= 0.6 is 0 Å². The Morgan fingerprint density at radius 1 is 1.18 bits per heavy atom. The third-order valence-electron chi connectivity index (χ3n) is 2.33. The second kappa shape index (κ2) is 4.69. The molecule has 0 unspecified atom stereocenters. The van der Waals surface area contributed by atoms with Gasteiger partial charge < -0.3 is 0 Å². The van der Waals surface area contributed by atoms with Crippen LogP contribution < -0.4 is 0 Å². The van der Waals surface area contributed by atoms with E-state index >= 15 is 0 Å². The molecule has 0 aliphatic carbocycles. The van der Waals surface area contributed by atoms with Crippen LogP contribution in [-0.4, -0.2) is 17.7 Å². The van der Waals surface area contributed by atoms with Gasteiger partial charge in [0.1, 0.15) is 0 Å². The molecule has 0 aliphatic heterocycles. The highest BCUT2D eigenvalue weighted by molar-refractivity contribution is 6.10. The summed E-state index contributed by atoms with van der Waals surface area (Å²) in [6.07, 6.45) is -6.08. The number of benzene rings is 1. The zero-order valence-corrected chi connectivity index (χ0v) is 9.39. The summed E-state index contributed by atoms with van der Waals surface area (Å²) in [4.78, 5) is 22.3. The molecule has 92 valence electrons. The van der Waals surface area contributed by atoms with Crippen LogP contribution in [0, 0.1) is 13.8 Å². The molecule has 5 heteroatoms. The quantitative estimate of drug-likeness (QED) is 0.605. The van der Waals surface area contributed by atoms with Crippen LogP contribution in [-0.2, 0) is 4.79 Å². The molecule has 0 heterocycles. The fraction of sp³-hybridized carbons (Fsp3) is 0.333. The summed E-state index contributed by atoms with van der Waals surface area (Å²) in [6, 6.07) is 4.87. The molecule has 0 fully saturated rings. The lowest BCUT2D eigenvalue weighted by molar-refractivity contribution is -0.170. The maximum absolute atomic E-state index is 12.0. The van der Waals surface area contributed by atoms with Gasteiger partial charge in [-0.1, -0.05) is 17.7 Å². The maximum atomic E-state index is 12.0. The van der Waals surface area contributed by atoms with E-state index in [0.29, 0.717) is 5.56 Å². The number of carbonyl (C=O) groups is 2. The Balaban J connectivity index is 2.91. The number of ketones is 2. The molecule has 1 rings (SSSR count). The summed E-state index contributed by atoms with van der Waals surface area (Å²) < 4.78 is 36.0. The molecule has 1 aromatic rings. The van der Waals surface area contributed by atoms with E-state index in [-0.39, 0.29) is 5.56 Å². The monoisotopic (exact) mass is 244 g/mol. The Kier molecular flexibility index (Phi) is 3.70. The normalized spacial score (nSPS) is 11.4. The molecule has 0 saturated heterocycles. The lowest BCUT2D eigenvalue weighted by Gasteiger charge is -2.07. The summed E-state index contributed by atoms with van der Waals surface area (Å²) in [5, 5.41) is 0. The lowest BCUT2D eigenvalue weighted by Crippen LogP contribution is -2.25. The number of alkyl halides is 3. The first kappa shape index (κ1) is 13.4. The van der Waals surface area contributed by atoms with Gasteiger partial charge in [-0.2, -0.15) is 13.2 Å². The van der Waals surface area contributed by atoms with Crippen molar-refractivity contribution in [3.8, 4) is 0 Å². The molecule has 0 spiro atoms. The van der Waals surface area contributed by atoms with Gasteiger partial charge in [-0.15, -0.1) is 0 Å². The number of aryl methyl sites for hydroxylation is 2. The minimum atomic E-state index is -4.95. The number of halogens is 3. The number of carbonyl (C=O) groups excluding carboxylic acids is 2. The van der Waals surface area contributed by atoms with Gasteiger partial charge in [-0.3, -0.25) is 9.59 Å². The highest BCUT2D eigenvalue weighted by atomic mass is 19.4. The van der Waals surface area contributed by atoms with Crippen LogP contribution in [0.5, 0.6) is 0 Å². The molecule has 0 radical (unpaired) electrons. The molecular weight excluding hydrogens is 233 g/mol. The van der Waals surface area contributed by atoms with Crippen LogP contribution in [0.4, 0.5) is 13.2 Å². The zero-order chi connectivity index (χ0) is 13.2. The predicted molar refractivity (Wildman–Crippen MR) is 55.9 cm³/mol. The van der Waals surface area contributed by atoms with E-state index in [4.69, 9.17) is 0 Å². The minimum absolute atomic E-state index is 0.169. The van der Waals surface area contributed by atoms with Crippen LogP contribution in [0.3, 0.4) is 0 Å². The largest absolute Gasteiger partial charge is 0.450 e. The maximum Gasteiger partial charge on any atom is 0.450 e. The van der Waals surface area contributed by atoms with Gasteiger partial charge in [0.05, 0.1) is 6.42 Å². The number of hydrogen-bond donors (Lipinski definition) is 0. The van der Waals surface area contributed by atoms with E-state index in [9.17, 15) is 22.8 Å². The average molecular weight is 244 g/mol. The molecule has 2 nitrogen and oxygen atoms in total. The molecule has 0 aromatic heterocycles. The number of rotatable bonds is 3. The molecule has 0 aliphatic rings. The van der Waals surface area contributed by atoms with Crippen molar-refractivity contribution in [2.24, 2.45) is 0 Å². The standard InChI is InChI=1S/C12H11F3O2/c1-7-3-4-8(2)9(5-7)10(16)6-11(17)12(13,14)15/h3-5H,6H2,1-2H3. The first-order valence-electron chi connectivity index (χ1n) is 4.92. The van der Waals surface area contributed by atoms with Gasteiger partial charge in [0.2, 0.25) is 5.78 Å². The van der Waals surface area contributed by atoms with Gasteiger partial charge in [-0.05, 0) is 25.5 Å². The van der Waals surface area contributed by atoms with E-state index in [1.165, 1.54) is 6.07 Å².